The number of hydrogen-bond donors (Lipinski definition) is 0. The van der Waals surface area contributed by atoms with Crippen molar-refractivity contribution in [2.75, 3.05) is 0 Å². The normalized spacial score (nSPS) is 13.8. The maximum absolute atomic E-state index is 3.84. The number of halogens is 1. The number of alkyl halides is 1. The van der Waals surface area contributed by atoms with Crippen molar-refractivity contribution in [3.63, 3.8) is 0 Å². The monoisotopic (exact) mass is 386 g/mol. The van der Waals surface area contributed by atoms with Crippen molar-refractivity contribution in [1.29, 1.82) is 0 Å². The molecule has 0 rings (SSSR count). The topological polar surface area (TPSA) is 0 Å². The van der Waals surface area contributed by atoms with Crippen molar-refractivity contribution in [3.05, 3.63) is 11.6 Å². The van der Waals surface area contributed by atoms with E-state index in [9.17, 15) is 0 Å². The Morgan fingerprint density at radius 1 is 0.696 bits per heavy atom. The molecule has 0 nitrogen and oxygen atoms in total. The lowest BCUT2D eigenvalue weighted by molar-refractivity contribution is 0.527. The van der Waals surface area contributed by atoms with E-state index in [1.165, 1.54) is 102 Å². The van der Waals surface area contributed by atoms with Crippen LogP contribution in [-0.2, 0) is 0 Å². The highest BCUT2D eigenvalue weighted by molar-refractivity contribution is 9.10. The standard InChI is InChI=1S/C22H43Br/c1-5-6-7-8-9-10-11-12-13-14-15-16-17-18-19-22(4,23)20-21(2)3/h20H,5-19H2,1-4H3. The molecule has 0 bridgehead atoms. The molecular weight excluding hydrogens is 344 g/mol. The van der Waals surface area contributed by atoms with Crippen LogP contribution in [0.2, 0.25) is 0 Å². The lowest BCUT2D eigenvalue weighted by Crippen LogP contribution is -2.11. The first-order valence-electron chi connectivity index (χ1n) is 10.3. The summed E-state index contributed by atoms with van der Waals surface area (Å²) in [6, 6.07) is 0. The second kappa shape index (κ2) is 15.7. The van der Waals surface area contributed by atoms with E-state index in [-0.39, 0.29) is 4.32 Å². The molecule has 0 aliphatic heterocycles. The Bertz CT molecular complexity index is 274. The smallest absolute Gasteiger partial charge is 0.0411 e. The van der Waals surface area contributed by atoms with E-state index in [2.05, 4.69) is 49.7 Å². The van der Waals surface area contributed by atoms with E-state index in [1.54, 1.807) is 0 Å². The zero-order valence-electron chi connectivity index (χ0n) is 16.6. The van der Waals surface area contributed by atoms with Crippen LogP contribution in [0.4, 0.5) is 0 Å². The van der Waals surface area contributed by atoms with Crippen LogP contribution in [-0.4, -0.2) is 4.32 Å². The molecule has 1 heteroatoms. The average Bonchev–Trinajstić information content (AvgIpc) is 2.46. The molecule has 0 aromatic rings. The molecule has 0 saturated carbocycles. The Balaban J connectivity index is 3.24. The molecule has 138 valence electrons. The molecule has 0 spiro atoms. The lowest BCUT2D eigenvalue weighted by atomic mass is 9.99. The minimum absolute atomic E-state index is 0.211. The number of hydrogen-bond acceptors (Lipinski definition) is 0. The largest absolute Gasteiger partial charge is 0.0811 e. The Morgan fingerprint density at radius 3 is 1.39 bits per heavy atom. The molecule has 0 amide bonds. The van der Waals surface area contributed by atoms with Crippen LogP contribution in [0.25, 0.3) is 0 Å². The molecule has 1 atom stereocenters. The van der Waals surface area contributed by atoms with Crippen molar-refractivity contribution in [2.45, 2.75) is 128 Å². The quantitative estimate of drug-likeness (QED) is 0.141. The fraction of sp³-hybridized carbons (Fsp3) is 0.909. The van der Waals surface area contributed by atoms with Gasteiger partial charge in [0.05, 0.1) is 0 Å². The van der Waals surface area contributed by atoms with Crippen LogP contribution in [0.1, 0.15) is 124 Å². The van der Waals surface area contributed by atoms with Crippen LogP contribution in [0.3, 0.4) is 0 Å². The van der Waals surface area contributed by atoms with Crippen molar-refractivity contribution in [2.24, 2.45) is 0 Å². The van der Waals surface area contributed by atoms with Gasteiger partial charge in [0.1, 0.15) is 0 Å². The summed E-state index contributed by atoms with van der Waals surface area (Å²) in [4.78, 5) is 0. The second-order valence-corrected chi connectivity index (χ2v) is 9.66. The van der Waals surface area contributed by atoms with Gasteiger partial charge in [-0.15, -0.1) is 0 Å². The predicted octanol–water partition coefficient (Wildman–Crippen LogP) is 8.98. The summed E-state index contributed by atoms with van der Waals surface area (Å²) in [6.45, 7) is 8.96. The van der Waals surface area contributed by atoms with Crippen LogP contribution in [0, 0.1) is 0 Å². The third kappa shape index (κ3) is 18.4. The number of unbranched alkanes of at least 4 members (excludes halogenated alkanes) is 13. The van der Waals surface area contributed by atoms with Crippen molar-refractivity contribution < 1.29 is 0 Å². The summed E-state index contributed by atoms with van der Waals surface area (Å²) in [6.07, 6.45) is 23.7. The molecule has 1 unspecified atom stereocenters. The maximum Gasteiger partial charge on any atom is 0.0411 e. The summed E-state index contributed by atoms with van der Waals surface area (Å²) in [5.74, 6) is 0. The summed E-state index contributed by atoms with van der Waals surface area (Å²) < 4.78 is 0.211. The van der Waals surface area contributed by atoms with Gasteiger partial charge in [-0.25, -0.2) is 0 Å². The van der Waals surface area contributed by atoms with E-state index in [1.807, 2.05) is 0 Å². The Morgan fingerprint density at radius 2 is 1.04 bits per heavy atom. The fourth-order valence-electron chi connectivity index (χ4n) is 3.34. The molecule has 0 radical (unpaired) electrons. The molecule has 0 aromatic heterocycles. The first kappa shape index (κ1) is 23.2. The van der Waals surface area contributed by atoms with Gasteiger partial charge in [-0.1, -0.05) is 124 Å². The van der Waals surface area contributed by atoms with Gasteiger partial charge in [0.15, 0.2) is 0 Å². The summed E-state index contributed by atoms with van der Waals surface area (Å²) >= 11 is 3.84. The molecule has 0 heterocycles. The van der Waals surface area contributed by atoms with Gasteiger partial charge < -0.3 is 0 Å². The van der Waals surface area contributed by atoms with Crippen LogP contribution in [0.15, 0.2) is 11.6 Å². The van der Waals surface area contributed by atoms with Gasteiger partial charge in [0, 0.05) is 4.32 Å². The molecular formula is C22H43Br. The minimum Gasteiger partial charge on any atom is -0.0811 e. The first-order valence-corrected chi connectivity index (χ1v) is 11.1. The van der Waals surface area contributed by atoms with E-state index in [0.717, 1.165) is 0 Å². The Hall–Kier alpha value is 0.220. The number of rotatable bonds is 16. The van der Waals surface area contributed by atoms with Crippen molar-refractivity contribution >= 4 is 15.9 Å². The zero-order valence-corrected chi connectivity index (χ0v) is 18.1. The Kier molecular flexibility index (Phi) is 15.9. The fourth-order valence-corrected chi connectivity index (χ4v) is 4.08. The van der Waals surface area contributed by atoms with Gasteiger partial charge in [0.2, 0.25) is 0 Å². The van der Waals surface area contributed by atoms with Gasteiger partial charge in [0.25, 0.3) is 0 Å². The van der Waals surface area contributed by atoms with Gasteiger partial charge in [-0.3, -0.25) is 0 Å². The minimum atomic E-state index is 0.211. The van der Waals surface area contributed by atoms with E-state index in [0.29, 0.717) is 0 Å². The predicted molar refractivity (Wildman–Crippen MR) is 112 cm³/mol. The van der Waals surface area contributed by atoms with E-state index in [4.69, 9.17) is 0 Å². The molecule has 0 saturated heterocycles. The lowest BCUT2D eigenvalue weighted by Gasteiger charge is -2.18. The molecule has 0 aliphatic rings. The third-order valence-corrected chi connectivity index (χ3v) is 5.23. The summed E-state index contributed by atoms with van der Waals surface area (Å²) in [5.41, 5.74) is 1.41. The van der Waals surface area contributed by atoms with Crippen LogP contribution >= 0.6 is 15.9 Å². The third-order valence-electron chi connectivity index (χ3n) is 4.61. The second-order valence-electron chi connectivity index (χ2n) is 7.85. The maximum atomic E-state index is 3.84. The molecule has 0 fully saturated rings. The van der Waals surface area contributed by atoms with Gasteiger partial charge >= 0.3 is 0 Å². The highest BCUT2D eigenvalue weighted by Gasteiger charge is 2.15. The van der Waals surface area contributed by atoms with Crippen LogP contribution < -0.4 is 0 Å². The van der Waals surface area contributed by atoms with Crippen molar-refractivity contribution in [3.8, 4) is 0 Å². The molecule has 0 aromatic carbocycles. The van der Waals surface area contributed by atoms with E-state index >= 15 is 0 Å². The summed E-state index contributed by atoms with van der Waals surface area (Å²) in [7, 11) is 0. The van der Waals surface area contributed by atoms with Gasteiger partial charge in [-0.2, -0.15) is 0 Å². The average molecular weight is 387 g/mol. The highest BCUT2D eigenvalue weighted by atomic mass is 79.9. The summed E-state index contributed by atoms with van der Waals surface area (Å²) in [5, 5.41) is 0. The molecule has 0 aliphatic carbocycles. The van der Waals surface area contributed by atoms with E-state index < -0.39 is 0 Å². The van der Waals surface area contributed by atoms with Crippen LogP contribution in [0.5, 0.6) is 0 Å². The molecule has 0 N–H and O–H groups in total. The zero-order chi connectivity index (χ0) is 17.4. The van der Waals surface area contributed by atoms with Crippen molar-refractivity contribution in [1.82, 2.24) is 0 Å². The highest BCUT2D eigenvalue weighted by Crippen LogP contribution is 2.28. The SMILES string of the molecule is CCCCCCCCCCCCCCCCC(C)(Br)C=C(C)C. The van der Waals surface area contributed by atoms with Gasteiger partial charge in [-0.05, 0) is 27.2 Å². The Labute approximate surface area is 156 Å². The number of allylic oxidation sites excluding steroid dienone is 2. The first-order chi connectivity index (χ1) is 11.0. The molecule has 23 heavy (non-hydrogen) atoms.